The summed E-state index contributed by atoms with van der Waals surface area (Å²) in [5.74, 6) is 0.832. The van der Waals surface area contributed by atoms with Gasteiger partial charge in [-0.15, -0.1) is 0 Å². The van der Waals surface area contributed by atoms with Crippen molar-refractivity contribution >= 4 is 0 Å². The molecule has 0 aromatic heterocycles. The monoisotopic (exact) mass is 255 g/mol. The highest BCUT2D eigenvalue weighted by molar-refractivity contribution is 4.73. The van der Waals surface area contributed by atoms with E-state index in [1.807, 2.05) is 0 Å². The van der Waals surface area contributed by atoms with Crippen LogP contribution in [0, 0.1) is 11.3 Å². The zero-order valence-electron chi connectivity index (χ0n) is 13.8. The minimum absolute atomic E-state index is 0.471. The summed E-state index contributed by atoms with van der Waals surface area (Å²) >= 11 is 0. The molecule has 0 aliphatic carbocycles. The Labute approximate surface area is 116 Å². The van der Waals surface area contributed by atoms with Gasteiger partial charge >= 0.3 is 0 Å². The van der Waals surface area contributed by atoms with Crippen LogP contribution in [0.1, 0.15) is 86.0 Å². The van der Waals surface area contributed by atoms with Crippen molar-refractivity contribution in [2.24, 2.45) is 11.3 Å². The summed E-state index contributed by atoms with van der Waals surface area (Å²) in [6.45, 7) is 11.7. The number of hydrogen-bond donors (Lipinski definition) is 1. The van der Waals surface area contributed by atoms with E-state index in [9.17, 15) is 0 Å². The van der Waals surface area contributed by atoms with Gasteiger partial charge in [0.2, 0.25) is 0 Å². The molecule has 0 aliphatic heterocycles. The third-order valence-corrected chi connectivity index (χ3v) is 3.71. The lowest BCUT2D eigenvalue weighted by Gasteiger charge is -2.26. The van der Waals surface area contributed by atoms with E-state index in [-0.39, 0.29) is 0 Å². The molecule has 0 saturated carbocycles. The van der Waals surface area contributed by atoms with Gasteiger partial charge in [-0.05, 0) is 37.6 Å². The minimum Gasteiger partial charge on any atom is -0.317 e. The van der Waals surface area contributed by atoms with Gasteiger partial charge in [-0.1, -0.05) is 66.7 Å². The molecule has 0 saturated heterocycles. The lowest BCUT2D eigenvalue weighted by Crippen LogP contribution is -2.28. The van der Waals surface area contributed by atoms with Crippen LogP contribution in [-0.2, 0) is 0 Å². The van der Waals surface area contributed by atoms with Crippen LogP contribution in [0.25, 0.3) is 0 Å². The topological polar surface area (TPSA) is 12.0 Å². The van der Waals surface area contributed by atoms with E-state index in [1.165, 1.54) is 51.4 Å². The van der Waals surface area contributed by atoms with Gasteiger partial charge in [0.05, 0.1) is 0 Å². The van der Waals surface area contributed by atoms with Crippen molar-refractivity contribution in [2.75, 3.05) is 7.05 Å². The summed E-state index contributed by atoms with van der Waals surface area (Å²) in [7, 11) is 2.13. The second kappa shape index (κ2) is 9.83. The Morgan fingerprint density at radius 2 is 1.61 bits per heavy atom. The average molecular weight is 255 g/mol. The zero-order valence-corrected chi connectivity index (χ0v) is 13.8. The largest absolute Gasteiger partial charge is 0.317 e. The highest BCUT2D eigenvalue weighted by Gasteiger charge is 2.18. The molecule has 0 spiro atoms. The van der Waals surface area contributed by atoms with E-state index in [4.69, 9.17) is 0 Å². The van der Waals surface area contributed by atoms with Crippen LogP contribution in [-0.4, -0.2) is 13.1 Å². The van der Waals surface area contributed by atoms with Crippen molar-refractivity contribution < 1.29 is 0 Å². The maximum Gasteiger partial charge on any atom is 0.00666 e. The number of hydrogen-bond acceptors (Lipinski definition) is 1. The summed E-state index contributed by atoms with van der Waals surface area (Å²) in [6, 6.07) is 0.726. The first-order chi connectivity index (χ1) is 8.39. The normalized spacial score (nSPS) is 15.7. The Morgan fingerprint density at radius 1 is 1.00 bits per heavy atom. The van der Waals surface area contributed by atoms with Crippen molar-refractivity contribution in [3.63, 3.8) is 0 Å². The maximum absolute atomic E-state index is 3.51. The van der Waals surface area contributed by atoms with E-state index in [0.717, 1.165) is 12.0 Å². The van der Waals surface area contributed by atoms with Crippen molar-refractivity contribution in [1.82, 2.24) is 5.32 Å². The van der Waals surface area contributed by atoms with Gasteiger partial charge in [-0.25, -0.2) is 0 Å². The molecule has 1 nitrogen and oxygen atoms in total. The van der Waals surface area contributed by atoms with Gasteiger partial charge in [-0.3, -0.25) is 0 Å². The average Bonchev–Trinajstić information content (AvgIpc) is 2.24. The predicted molar refractivity (Wildman–Crippen MR) is 84.1 cm³/mol. The molecule has 1 heteroatoms. The SMILES string of the molecule is CCCCCCCC(CC(C)CC(C)(C)C)NC. The Hall–Kier alpha value is -0.0400. The Morgan fingerprint density at radius 3 is 2.11 bits per heavy atom. The molecule has 18 heavy (non-hydrogen) atoms. The first-order valence-electron chi connectivity index (χ1n) is 8.06. The summed E-state index contributed by atoms with van der Waals surface area (Å²) in [6.07, 6.45) is 11.0. The van der Waals surface area contributed by atoms with Crippen molar-refractivity contribution in [2.45, 2.75) is 92.0 Å². The van der Waals surface area contributed by atoms with Gasteiger partial charge in [0.25, 0.3) is 0 Å². The molecule has 0 fully saturated rings. The molecule has 2 unspecified atom stereocenters. The molecule has 0 bridgehead atoms. The van der Waals surface area contributed by atoms with E-state index in [2.05, 4.69) is 47.0 Å². The lowest BCUT2D eigenvalue weighted by atomic mass is 9.82. The fourth-order valence-electron chi connectivity index (χ4n) is 2.99. The summed E-state index contributed by atoms with van der Waals surface area (Å²) in [5.41, 5.74) is 0.471. The van der Waals surface area contributed by atoms with E-state index in [0.29, 0.717) is 5.41 Å². The first-order valence-corrected chi connectivity index (χ1v) is 8.06. The fourth-order valence-corrected chi connectivity index (χ4v) is 2.99. The third-order valence-electron chi connectivity index (χ3n) is 3.71. The zero-order chi connectivity index (χ0) is 14.0. The Kier molecular flexibility index (Phi) is 9.81. The molecule has 2 atom stereocenters. The number of nitrogens with one attached hydrogen (secondary N) is 1. The molecule has 0 heterocycles. The van der Waals surface area contributed by atoms with Crippen LogP contribution in [0.15, 0.2) is 0 Å². The second-order valence-corrected chi connectivity index (χ2v) is 7.29. The van der Waals surface area contributed by atoms with E-state index >= 15 is 0 Å². The van der Waals surface area contributed by atoms with Gasteiger partial charge < -0.3 is 5.32 Å². The third kappa shape index (κ3) is 11.1. The molecule has 1 N–H and O–H groups in total. The Bertz CT molecular complexity index is 181. The van der Waals surface area contributed by atoms with Crippen molar-refractivity contribution in [3.8, 4) is 0 Å². The van der Waals surface area contributed by atoms with Crippen molar-refractivity contribution in [1.29, 1.82) is 0 Å². The van der Waals surface area contributed by atoms with Crippen LogP contribution >= 0.6 is 0 Å². The fraction of sp³-hybridized carbons (Fsp3) is 1.00. The highest BCUT2D eigenvalue weighted by atomic mass is 14.9. The minimum atomic E-state index is 0.471. The molecule has 0 rings (SSSR count). The number of rotatable bonds is 10. The van der Waals surface area contributed by atoms with Crippen LogP contribution in [0.3, 0.4) is 0 Å². The summed E-state index contributed by atoms with van der Waals surface area (Å²) in [4.78, 5) is 0. The summed E-state index contributed by atoms with van der Waals surface area (Å²) in [5, 5.41) is 3.51. The Balaban J connectivity index is 3.75. The van der Waals surface area contributed by atoms with Gasteiger partial charge in [0.15, 0.2) is 0 Å². The maximum atomic E-state index is 3.51. The molecular weight excluding hydrogens is 218 g/mol. The van der Waals surface area contributed by atoms with Crippen LogP contribution < -0.4 is 5.32 Å². The van der Waals surface area contributed by atoms with Crippen LogP contribution in [0.2, 0.25) is 0 Å². The van der Waals surface area contributed by atoms with E-state index in [1.54, 1.807) is 0 Å². The first kappa shape index (κ1) is 18.0. The van der Waals surface area contributed by atoms with Crippen LogP contribution in [0.5, 0.6) is 0 Å². The molecule has 0 amide bonds. The second-order valence-electron chi connectivity index (χ2n) is 7.29. The molecule has 0 aliphatic rings. The van der Waals surface area contributed by atoms with Gasteiger partial charge in [-0.2, -0.15) is 0 Å². The molecular formula is C17H37N. The highest BCUT2D eigenvalue weighted by Crippen LogP contribution is 2.27. The molecule has 110 valence electrons. The molecule has 0 aromatic rings. The predicted octanol–water partition coefficient (Wildman–Crippen LogP) is 5.40. The standard InChI is InChI=1S/C17H37N/c1-7-8-9-10-11-12-16(18-6)13-15(2)14-17(3,4)5/h15-16,18H,7-14H2,1-6H3. The lowest BCUT2D eigenvalue weighted by molar-refractivity contribution is 0.272. The smallest absolute Gasteiger partial charge is 0.00666 e. The van der Waals surface area contributed by atoms with Gasteiger partial charge in [0, 0.05) is 6.04 Å². The summed E-state index contributed by atoms with van der Waals surface area (Å²) < 4.78 is 0. The van der Waals surface area contributed by atoms with Crippen molar-refractivity contribution in [3.05, 3.63) is 0 Å². The quantitative estimate of drug-likeness (QED) is 0.516. The van der Waals surface area contributed by atoms with Crippen LogP contribution in [0.4, 0.5) is 0 Å². The molecule has 0 aromatic carbocycles. The molecule has 0 radical (unpaired) electrons. The number of unbranched alkanes of at least 4 members (excludes halogenated alkanes) is 4. The van der Waals surface area contributed by atoms with E-state index < -0.39 is 0 Å². The van der Waals surface area contributed by atoms with Gasteiger partial charge in [0.1, 0.15) is 0 Å².